The minimum atomic E-state index is -0.315. The molecule has 4 rings (SSSR count). The summed E-state index contributed by atoms with van der Waals surface area (Å²) in [5.74, 6) is 0.146. The van der Waals surface area contributed by atoms with E-state index in [1.165, 1.54) is 28.2 Å². The standard InChI is InChI=1S/C20H17N5O2S/c1-12-4-3-5-14(10-12)17-11-28-20(21-17)25-19(27)18(13(2)24-25)23-22-15-6-8-16(26)9-7-15/h3-11,24,26H,1-2H3. The third-order valence-electron chi connectivity index (χ3n) is 4.15. The molecule has 8 heteroatoms. The summed E-state index contributed by atoms with van der Waals surface area (Å²) in [5.41, 5.74) is 4.02. The van der Waals surface area contributed by atoms with E-state index in [0.717, 1.165) is 16.8 Å². The number of phenols is 1. The highest BCUT2D eigenvalue weighted by Gasteiger charge is 2.15. The molecule has 0 spiro atoms. The van der Waals surface area contributed by atoms with Gasteiger partial charge >= 0.3 is 5.56 Å². The van der Waals surface area contributed by atoms with Gasteiger partial charge in [0.25, 0.3) is 0 Å². The highest BCUT2D eigenvalue weighted by Crippen LogP contribution is 2.25. The van der Waals surface area contributed by atoms with Gasteiger partial charge in [0.2, 0.25) is 5.13 Å². The molecular formula is C20H17N5O2S. The Balaban J connectivity index is 1.66. The van der Waals surface area contributed by atoms with E-state index in [2.05, 4.69) is 26.4 Å². The summed E-state index contributed by atoms with van der Waals surface area (Å²) in [6, 6.07) is 14.3. The van der Waals surface area contributed by atoms with E-state index in [1.54, 1.807) is 19.1 Å². The number of hydrogen-bond acceptors (Lipinski definition) is 6. The lowest BCUT2D eigenvalue weighted by Crippen LogP contribution is -2.13. The predicted octanol–water partition coefficient (Wildman–Crippen LogP) is 5.03. The number of hydrogen-bond donors (Lipinski definition) is 2. The van der Waals surface area contributed by atoms with Crippen LogP contribution in [0.2, 0.25) is 0 Å². The van der Waals surface area contributed by atoms with Crippen LogP contribution in [0.4, 0.5) is 11.4 Å². The minimum absolute atomic E-state index is 0.146. The van der Waals surface area contributed by atoms with E-state index in [4.69, 9.17) is 0 Å². The number of azo groups is 1. The van der Waals surface area contributed by atoms with Crippen molar-refractivity contribution in [3.63, 3.8) is 0 Å². The number of benzene rings is 2. The number of rotatable bonds is 4. The van der Waals surface area contributed by atoms with Gasteiger partial charge in [0.1, 0.15) is 5.75 Å². The Hall–Kier alpha value is -3.52. The fraction of sp³-hybridized carbons (Fsp3) is 0.100. The van der Waals surface area contributed by atoms with Crippen molar-refractivity contribution < 1.29 is 5.11 Å². The van der Waals surface area contributed by atoms with Crippen molar-refractivity contribution in [2.75, 3.05) is 0 Å². The Morgan fingerprint density at radius 3 is 2.64 bits per heavy atom. The van der Waals surface area contributed by atoms with Crippen LogP contribution in [0.5, 0.6) is 5.75 Å². The summed E-state index contributed by atoms with van der Waals surface area (Å²) in [7, 11) is 0. The SMILES string of the molecule is Cc1cccc(-c2csc(-n3[nH]c(C)c(N=Nc4ccc(O)cc4)c3=O)n2)c1. The number of aryl methyl sites for hydroxylation is 2. The molecule has 0 amide bonds. The molecule has 0 fully saturated rings. The third kappa shape index (κ3) is 3.49. The van der Waals surface area contributed by atoms with Gasteiger partial charge in [-0.3, -0.25) is 9.89 Å². The summed E-state index contributed by atoms with van der Waals surface area (Å²) in [6.45, 7) is 3.79. The number of phenolic OH excluding ortho intramolecular Hbond substituents is 1. The van der Waals surface area contributed by atoms with Crippen molar-refractivity contribution >= 4 is 22.7 Å². The fourth-order valence-electron chi connectivity index (χ4n) is 2.72. The molecule has 0 saturated heterocycles. The van der Waals surface area contributed by atoms with Crippen LogP contribution in [0, 0.1) is 13.8 Å². The molecule has 0 unspecified atom stereocenters. The molecule has 2 N–H and O–H groups in total. The summed E-state index contributed by atoms with van der Waals surface area (Å²) >= 11 is 1.38. The molecule has 2 heterocycles. The second kappa shape index (κ2) is 7.24. The number of thiazole rings is 1. The maximum atomic E-state index is 12.8. The lowest BCUT2D eigenvalue weighted by atomic mass is 10.1. The number of aromatic nitrogens is 3. The Bertz CT molecular complexity index is 1220. The van der Waals surface area contributed by atoms with E-state index >= 15 is 0 Å². The molecule has 0 saturated carbocycles. The Morgan fingerprint density at radius 1 is 1.11 bits per heavy atom. The molecule has 7 nitrogen and oxygen atoms in total. The third-order valence-corrected chi connectivity index (χ3v) is 4.98. The maximum absolute atomic E-state index is 12.8. The molecular weight excluding hydrogens is 374 g/mol. The number of aromatic hydroxyl groups is 1. The molecule has 140 valence electrons. The molecule has 0 aliphatic carbocycles. The van der Waals surface area contributed by atoms with Crippen LogP contribution < -0.4 is 5.56 Å². The zero-order chi connectivity index (χ0) is 19.7. The first-order chi connectivity index (χ1) is 13.5. The number of H-pyrrole nitrogens is 1. The summed E-state index contributed by atoms with van der Waals surface area (Å²) in [5, 5.41) is 22.9. The van der Waals surface area contributed by atoms with E-state index in [1.807, 2.05) is 30.5 Å². The van der Waals surface area contributed by atoms with Gasteiger partial charge < -0.3 is 5.11 Å². The van der Waals surface area contributed by atoms with Crippen molar-refractivity contribution in [1.82, 2.24) is 14.8 Å². The number of nitrogens with zero attached hydrogens (tertiary/aromatic N) is 4. The molecule has 0 atom stereocenters. The van der Waals surface area contributed by atoms with Gasteiger partial charge in [-0.15, -0.1) is 16.5 Å². The predicted molar refractivity (Wildman–Crippen MR) is 109 cm³/mol. The van der Waals surface area contributed by atoms with Crippen molar-refractivity contribution in [2.24, 2.45) is 10.2 Å². The molecule has 28 heavy (non-hydrogen) atoms. The Kier molecular flexibility index (Phi) is 4.62. The first-order valence-electron chi connectivity index (χ1n) is 8.56. The minimum Gasteiger partial charge on any atom is -0.508 e. The van der Waals surface area contributed by atoms with Crippen molar-refractivity contribution in [3.05, 3.63) is 75.5 Å². The molecule has 0 radical (unpaired) electrons. The molecule has 0 aliphatic heterocycles. The van der Waals surface area contributed by atoms with Gasteiger partial charge in [-0.2, -0.15) is 9.80 Å². The Labute approximate surface area is 164 Å². The van der Waals surface area contributed by atoms with Crippen LogP contribution in [0.15, 0.2) is 68.9 Å². The normalized spacial score (nSPS) is 11.4. The molecule has 0 bridgehead atoms. The topological polar surface area (TPSA) is 95.6 Å². The average Bonchev–Trinajstić information content (AvgIpc) is 3.27. The largest absolute Gasteiger partial charge is 0.508 e. The van der Waals surface area contributed by atoms with Gasteiger partial charge in [-0.1, -0.05) is 23.8 Å². The molecule has 2 aromatic heterocycles. The quantitative estimate of drug-likeness (QED) is 0.478. The zero-order valence-corrected chi connectivity index (χ0v) is 16.1. The van der Waals surface area contributed by atoms with E-state index in [-0.39, 0.29) is 17.0 Å². The second-order valence-electron chi connectivity index (χ2n) is 6.33. The smallest absolute Gasteiger partial charge is 0.301 e. The molecule has 4 aromatic rings. The van der Waals surface area contributed by atoms with Crippen LogP contribution in [-0.4, -0.2) is 19.9 Å². The summed E-state index contributed by atoms with van der Waals surface area (Å²) < 4.78 is 1.38. The number of aromatic amines is 1. The van der Waals surface area contributed by atoms with Crippen LogP contribution in [0.3, 0.4) is 0 Å². The number of nitrogens with one attached hydrogen (secondary N) is 1. The van der Waals surface area contributed by atoms with Crippen LogP contribution in [-0.2, 0) is 0 Å². The zero-order valence-electron chi connectivity index (χ0n) is 15.2. The molecule has 2 aromatic carbocycles. The fourth-order valence-corrected chi connectivity index (χ4v) is 3.51. The summed E-state index contributed by atoms with van der Waals surface area (Å²) in [6.07, 6.45) is 0. The van der Waals surface area contributed by atoms with Crippen LogP contribution in [0.1, 0.15) is 11.3 Å². The van der Waals surface area contributed by atoms with Gasteiger partial charge in [0.05, 0.1) is 17.1 Å². The van der Waals surface area contributed by atoms with E-state index in [0.29, 0.717) is 16.5 Å². The first-order valence-corrected chi connectivity index (χ1v) is 9.44. The second-order valence-corrected chi connectivity index (χ2v) is 7.16. The summed E-state index contributed by atoms with van der Waals surface area (Å²) in [4.78, 5) is 17.4. The molecule has 0 aliphatic rings. The van der Waals surface area contributed by atoms with Crippen molar-refractivity contribution in [2.45, 2.75) is 13.8 Å². The maximum Gasteiger partial charge on any atom is 0.301 e. The highest BCUT2D eigenvalue weighted by molar-refractivity contribution is 7.12. The lowest BCUT2D eigenvalue weighted by Gasteiger charge is -1.98. The average molecular weight is 391 g/mol. The van der Waals surface area contributed by atoms with Gasteiger partial charge in [0.15, 0.2) is 5.69 Å². The van der Waals surface area contributed by atoms with Crippen LogP contribution >= 0.6 is 11.3 Å². The van der Waals surface area contributed by atoms with Crippen molar-refractivity contribution in [3.8, 4) is 22.1 Å². The lowest BCUT2D eigenvalue weighted by molar-refractivity contribution is 0.475. The van der Waals surface area contributed by atoms with Gasteiger partial charge in [0, 0.05) is 10.9 Å². The highest BCUT2D eigenvalue weighted by atomic mass is 32.1. The van der Waals surface area contributed by atoms with Crippen LogP contribution in [0.25, 0.3) is 16.4 Å². The van der Waals surface area contributed by atoms with E-state index < -0.39 is 0 Å². The van der Waals surface area contributed by atoms with E-state index in [9.17, 15) is 9.90 Å². The first kappa shape index (κ1) is 17.9. The Morgan fingerprint density at radius 2 is 1.89 bits per heavy atom. The van der Waals surface area contributed by atoms with Gasteiger partial charge in [-0.25, -0.2) is 4.98 Å². The monoisotopic (exact) mass is 391 g/mol. The van der Waals surface area contributed by atoms with Gasteiger partial charge in [-0.05, 0) is 44.2 Å². The van der Waals surface area contributed by atoms with Crippen molar-refractivity contribution in [1.29, 1.82) is 0 Å².